The van der Waals surface area contributed by atoms with Crippen LogP contribution in [0.25, 0.3) is 0 Å². The van der Waals surface area contributed by atoms with Gasteiger partial charge in [-0.3, -0.25) is 4.79 Å². The van der Waals surface area contributed by atoms with E-state index in [1.807, 2.05) is 0 Å². The van der Waals surface area contributed by atoms with Gasteiger partial charge in [0.15, 0.2) is 0 Å². The largest absolute Gasteiger partial charge is 0.382 e. The second kappa shape index (κ2) is 5.58. The number of hydrogen-bond donors (Lipinski definition) is 0. The first-order chi connectivity index (χ1) is 9.74. The maximum absolute atomic E-state index is 12.9. The average molecular weight is 278 g/mol. The first kappa shape index (κ1) is 13.1. The van der Waals surface area contributed by atoms with Crippen LogP contribution < -0.4 is 0 Å². The van der Waals surface area contributed by atoms with Crippen LogP contribution in [0, 0.1) is 5.82 Å². The van der Waals surface area contributed by atoms with E-state index in [2.05, 4.69) is 5.16 Å². The zero-order chi connectivity index (χ0) is 13.9. The summed E-state index contributed by atoms with van der Waals surface area (Å²) in [6.07, 6.45) is -0.157. The van der Waals surface area contributed by atoms with E-state index in [4.69, 9.17) is 9.57 Å². The number of morpholine rings is 1. The highest BCUT2D eigenvalue weighted by atomic mass is 19.1. The lowest BCUT2D eigenvalue weighted by molar-refractivity contribution is -0.146. The smallest absolute Gasteiger partial charge is 0.267 e. The predicted molar refractivity (Wildman–Crippen MR) is 69.8 cm³/mol. The van der Waals surface area contributed by atoms with E-state index >= 15 is 0 Å². The van der Waals surface area contributed by atoms with Crippen molar-refractivity contribution in [2.24, 2.45) is 5.16 Å². The molecule has 1 unspecified atom stereocenters. The van der Waals surface area contributed by atoms with Gasteiger partial charge in [0.2, 0.25) is 6.10 Å². The molecule has 0 spiro atoms. The number of hydrogen-bond acceptors (Lipinski definition) is 4. The summed E-state index contributed by atoms with van der Waals surface area (Å²) >= 11 is 0. The summed E-state index contributed by atoms with van der Waals surface area (Å²) in [5.74, 6) is -0.358. The van der Waals surface area contributed by atoms with Crippen LogP contribution in [0.1, 0.15) is 12.0 Å². The predicted octanol–water partition coefficient (Wildman–Crippen LogP) is 1.18. The van der Waals surface area contributed by atoms with Gasteiger partial charge in [0.1, 0.15) is 5.82 Å². The van der Waals surface area contributed by atoms with Gasteiger partial charge in [0.25, 0.3) is 5.91 Å². The van der Waals surface area contributed by atoms with Crippen LogP contribution in [0.4, 0.5) is 4.39 Å². The van der Waals surface area contributed by atoms with Crippen molar-refractivity contribution in [1.29, 1.82) is 0 Å². The Bertz CT molecular complexity index is 524. The molecule has 1 amide bonds. The SMILES string of the molecule is O=C(C1CC(c2ccc(F)cc2)=NO1)N1CCOCC1. The summed E-state index contributed by atoms with van der Waals surface area (Å²) in [5, 5.41) is 3.95. The molecule has 6 heteroatoms. The van der Waals surface area contributed by atoms with E-state index in [-0.39, 0.29) is 11.7 Å². The van der Waals surface area contributed by atoms with Crippen molar-refractivity contribution in [2.45, 2.75) is 12.5 Å². The van der Waals surface area contributed by atoms with E-state index in [1.165, 1.54) is 12.1 Å². The summed E-state index contributed by atoms with van der Waals surface area (Å²) in [4.78, 5) is 19.2. The van der Waals surface area contributed by atoms with E-state index in [0.29, 0.717) is 38.4 Å². The van der Waals surface area contributed by atoms with Crippen LogP contribution in [-0.4, -0.2) is 48.9 Å². The topological polar surface area (TPSA) is 51.1 Å². The molecule has 5 nitrogen and oxygen atoms in total. The van der Waals surface area contributed by atoms with Gasteiger partial charge >= 0.3 is 0 Å². The maximum Gasteiger partial charge on any atom is 0.267 e. The minimum Gasteiger partial charge on any atom is -0.382 e. The van der Waals surface area contributed by atoms with Gasteiger partial charge < -0.3 is 14.5 Å². The van der Waals surface area contributed by atoms with Gasteiger partial charge in [-0.1, -0.05) is 17.3 Å². The third-order valence-corrected chi connectivity index (χ3v) is 3.44. The molecule has 1 aromatic rings. The van der Waals surface area contributed by atoms with Gasteiger partial charge in [-0.05, 0) is 17.7 Å². The van der Waals surface area contributed by atoms with E-state index in [0.717, 1.165) is 5.56 Å². The molecule has 1 saturated heterocycles. The van der Waals surface area contributed by atoms with Gasteiger partial charge in [0, 0.05) is 19.5 Å². The standard InChI is InChI=1S/C14H15FN2O3/c15-11-3-1-10(2-4-11)12-9-13(20-16-12)14(18)17-5-7-19-8-6-17/h1-4,13H,5-9H2. The Morgan fingerprint density at radius 1 is 1.25 bits per heavy atom. The summed E-state index contributed by atoms with van der Waals surface area (Å²) in [6.45, 7) is 2.30. The van der Waals surface area contributed by atoms with Crippen molar-refractivity contribution < 1.29 is 18.8 Å². The Morgan fingerprint density at radius 2 is 1.95 bits per heavy atom. The lowest BCUT2D eigenvalue weighted by Crippen LogP contribution is -2.45. The first-order valence-corrected chi connectivity index (χ1v) is 6.59. The Kier molecular flexibility index (Phi) is 3.64. The fourth-order valence-electron chi connectivity index (χ4n) is 2.31. The van der Waals surface area contributed by atoms with Crippen LogP contribution in [0.15, 0.2) is 29.4 Å². The Hall–Kier alpha value is -1.95. The highest BCUT2D eigenvalue weighted by molar-refractivity contribution is 6.04. The minimum absolute atomic E-state index is 0.0610. The number of oxime groups is 1. The lowest BCUT2D eigenvalue weighted by Gasteiger charge is -2.28. The summed E-state index contributed by atoms with van der Waals surface area (Å²) in [5.41, 5.74) is 1.46. The second-order valence-electron chi connectivity index (χ2n) is 4.78. The molecule has 0 N–H and O–H groups in total. The summed E-state index contributed by atoms with van der Waals surface area (Å²) in [6, 6.07) is 6.02. The van der Waals surface area contributed by atoms with Crippen molar-refractivity contribution in [3.05, 3.63) is 35.6 Å². The average Bonchev–Trinajstić information content (AvgIpc) is 2.98. The van der Waals surface area contributed by atoms with Gasteiger partial charge in [-0.15, -0.1) is 0 Å². The van der Waals surface area contributed by atoms with Crippen LogP contribution in [-0.2, 0) is 14.4 Å². The molecular weight excluding hydrogens is 263 g/mol. The number of amides is 1. The quantitative estimate of drug-likeness (QED) is 0.816. The third-order valence-electron chi connectivity index (χ3n) is 3.44. The molecule has 0 aromatic heterocycles. The molecule has 1 fully saturated rings. The van der Waals surface area contributed by atoms with Gasteiger partial charge in [-0.2, -0.15) is 0 Å². The van der Waals surface area contributed by atoms with E-state index < -0.39 is 6.10 Å². The number of rotatable bonds is 2. The van der Waals surface area contributed by atoms with Crippen LogP contribution in [0.5, 0.6) is 0 Å². The van der Waals surface area contributed by atoms with Crippen molar-refractivity contribution in [2.75, 3.05) is 26.3 Å². The van der Waals surface area contributed by atoms with Crippen LogP contribution >= 0.6 is 0 Å². The van der Waals surface area contributed by atoms with Crippen LogP contribution in [0.3, 0.4) is 0 Å². The van der Waals surface area contributed by atoms with Crippen molar-refractivity contribution in [1.82, 2.24) is 4.90 Å². The summed E-state index contributed by atoms with van der Waals surface area (Å²) in [7, 11) is 0. The molecule has 1 aromatic carbocycles. The van der Waals surface area contributed by atoms with Crippen molar-refractivity contribution >= 4 is 11.6 Å². The van der Waals surface area contributed by atoms with E-state index in [1.54, 1.807) is 17.0 Å². The molecule has 2 heterocycles. The zero-order valence-corrected chi connectivity index (χ0v) is 10.9. The zero-order valence-electron chi connectivity index (χ0n) is 10.9. The van der Waals surface area contributed by atoms with Gasteiger partial charge in [-0.25, -0.2) is 4.39 Å². The van der Waals surface area contributed by atoms with E-state index in [9.17, 15) is 9.18 Å². The molecular formula is C14H15FN2O3. The molecule has 0 radical (unpaired) electrons. The minimum atomic E-state index is -0.576. The fraction of sp³-hybridized carbons (Fsp3) is 0.429. The molecule has 1 atom stereocenters. The molecule has 106 valence electrons. The molecule has 3 rings (SSSR count). The Morgan fingerprint density at radius 3 is 2.65 bits per heavy atom. The molecule has 0 saturated carbocycles. The first-order valence-electron chi connectivity index (χ1n) is 6.59. The molecule has 20 heavy (non-hydrogen) atoms. The van der Waals surface area contributed by atoms with Gasteiger partial charge in [0.05, 0.1) is 18.9 Å². The third kappa shape index (κ3) is 2.65. The fourth-order valence-corrected chi connectivity index (χ4v) is 2.31. The molecule has 0 bridgehead atoms. The highest BCUT2D eigenvalue weighted by Crippen LogP contribution is 2.19. The number of nitrogens with zero attached hydrogens (tertiary/aromatic N) is 2. The van der Waals surface area contributed by atoms with Crippen LogP contribution in [0.2, 0.25) is 0 Å². The highest BCUT2D eigenvalue weighted by Gasteiger charge is 2.32. The number of carbonyl (C=O) groups is 1. The molecule has 0 aliphatic carbocycles. The summed E-state index contributed by atoms with van der Waals surface area (Å²) < 4.78 is 18.1. The number of carbonyl (C=O) groups excluding carboxylic acids is 1. The van der Waals surface area contributed by atoms with Crippen molar-refractivity contribution in [3.8, 4) is 0 Å². The number of ether oxygens (including phenoxy) is 1. The molecule has 2 aliphatic heterocycles. The maximum atomic E-state index is 12.9. The molecule has 2 aliphatic rings. The number of halogens is 1. The second-order valence-corrected chi connectivity index (χ2v) is 4.78. The lowest BCUT2D eigenvalue weighted by atomic mass is 10.0. The van der Waals surface area contributed by atoms with Crippen molar-refractivity contribution in [3.63, 3.8) is 0 Å². The normalized spacial score (nSPS) is 22.4. The number of benzene rings is 1. The Labute approximate surface area is 116 Å². The Balaban J connectivity index is 1.63. The monoisotopic (exact) mass is 278 g/mol.